The zero-order valence-corrected chi connectivity index (χ0v) is 12.7. The van der Waals surface area contributed by atoms with E-state index in [1.165, 1.54) is 12.1 Å². The van der Waals surface area contributed by atoms with Gasteiger partial charge in [-0.25, -0.2) is 0 Å². The van der Waals surface area contributed by atoms with E-state index in [1.807, 2.05) is 0 Å². The molecule has 1 aromatic carbocycles. The Morgan fingerprint density at radius 3 is 2.58 bits per heavy atom. The Hall–Kier alpha value is -2.22. The van der Waals surface area contributed by atoms with Crippen molar-refractivity contribution < 1.29 is 27.4 Å². The molecular weight excluding hydrogens is 325 g/mol. The number of halogens is 3. The lowest BCUT2D eigenvalue weighted by atomic mass is 9.88. The Morgan fingerprint density at radius 2 is 2.04 bits per heavy atom. The van der Waals surface area contributed by atoms with Crippen molar-refractivity contribution in [2.24, 2.45) is 5.73 Å². The molecule has 8 heteroatoms. The first-order valence-electron chi connectivity index (χ1n) is 7.49. The molecule has 0 amide bonds. The van der Waals surface area contributed by atoms with Crippen molar-refractivity contribution in [3.05, 3.63) is 46.8 Å². The van der Waals surface area contributed by atoms with Gasteiger partial charge in [0.25, 0.3) is 6.47 Å². The first-order chi connectivity index (χ1) is 11.4. The van der Waals surface area contributed by atoms with Gasteiger partial charge in [0.2, 0.25) is 0 Å². The minimum Gasteiger partial charge on any atom is -0.458 e. The molecule has 24 heavy (non-hydrogen) atoms. The van der Waals surface area contributed by atoms with Gasteiger partial charge in [0.05, 0.1) is 23.6 Å². The van der Waals surface area contributed by atoms with Gasteiger partial charge in [-0.2, -0.15) is 13.2 Å². The highest BCUT2D eigenvalue weighted by atomic mass is 19.4. The van der Waals surface area contributed by atoms with E-state index >= 15 is 0 Å². The molecule has 130 valence electrons. The fourth-order valence-corrected chi connectivity index (χ4v) is 2.92. The van der Waals surface area contributed by atoms with Gasteiger partial charge in [-0.1, -0.05) is 12.1 Å². The van der Waals surface area contributed by atoms with Crippen molar-refractivity contribution in [2.45, 2.75) is 37.3 Å². The summed E-state index contributed by atoms with van der Waals surface area (Å²) in [6.45, 7) is 1.18. The van der Waals surface area contributed by atoms with Gasteiger partial charge in [0, 0.05) is 6.54 Å². The van der Waals surface area contributed by atoms with Crippen molar-refractivity contribution in [3.8, 4) is 0 Å². The fourth-order valence-electron chi connectivity index (χ4n) is 2.92. The van der Waals surface area contributed by atoms with Gasteiger partial charge < -0.3 is 20.5 Å². The third-order valence-electron chi connectivity index (χ3n) is 4.36. The van der Waals surface area contributed by atoms with Crippen LogP contribution in [0.5, 0.6) is 0 Å². The monoisotopic (exact) mass is 342 g/mol. The average Bonchev–Trinajstić information content (AvgIpc) is 3.30. The molecule has 5 nitrogen and oxygen atoms in total. The topological polar surface area (TPSA) is 76.9 Å². The van der Waals surface area contributed by atoms with E-state index in [4.69, 9.17) is 15.2 Å². The minimum absolute atomic E-state index is 0.299. The number of epoxide rings is 1. The molecule has 3 rings (SSSR count). The average molecular weight is 342 g/mol. The number of carbonyl (C=O) groups is 1. The van der Waals surface area contributed by atoms with Gasteiger partial charge in [0.15, 0.2) is 0 Å². The number of hydrogen-bond acceptors (Lipinski definition) is 5. The first kappa shape index (κ1) is 16.6. The number of ether oxygens (including phenoxy) is 2. The lowest BCUT2D eigenvalue weighted by Crippen LogP contribution is -2.40. The summed E-state index contributed by atoms with van der Waals surface area (Å²) >= 11 is 0. The van der Waals surface area contributed by atoms with Crippen molar-refractivity contribution in [2.75, 3.05) is 6.61 Å². The molecule has 1 aliphatic carbocycles. The number of benzene rings is 1. The second kappa shape index (κ2) is 6.01. The summed E-state index contributed by atoms with van der Waals surface area (Å²) in [5, 5.41) is 3.14. The largest absolute Gasteiger partial charge is 0.458 e. The van der Waals surface area contributed by atoms with Gasteiger partial charge in [-0.3, -0.25) is 4.79 Å². The second-order valence-electron chi connectivity index (χ2n) is 5.92. The molecule has 1 aromatic rings. The van der Waals surface area contributed by atoms with E-state index < -0.39 is 23.4 Å². The number of hydrogen-bond donors (Lipinski definition) is 2. The molecule has 2 atom stereocenters. The summed E-state index contributed by atoms with van der Waals surface area (Å²) in [4.78, 5) is 10.6. The van der Waals surface area contributed by atoms with Crippen LogP contribution >= 0.6 is 0 Å². The van der Waals surface area contributed by atoms with Crippen LogP contribution in [0.1, 0.15) is 24.0 Å². The highest BCUT2D eigenvalue weighted by molar-refractivity contribution is 5.41. The van der Waals surface area contributed by atoms with Crippen LogP contribution in [0.25, 0.3) is 0 Å². The zero-order valence-electron chi connectivity index (χ0n) is 12.7. The Bertz CT molecular complexity index is 652. The Kier molecular flexibility index (Phi) is 4.16. The number of rotatable bonds is 5. The third kappa shape index (κ3) is 3.19. The smallest absolute Gasteiger partial charge is 0.416 e. The highest BCUT2D eigenvalue weighted by Gasteiger charge is 2.53. The van der Waals surface area contributed by atoms with E-state index in [9.17, 15) is 18.0 Å². The van der Waals surface area contributed by atoms with E-state index in [1.54, 1.807) is 0 Å². The molecule has 1 aliphatic heterocycles. The summed E-state index contributed by atoms with van der Waals surface area (Å²) in [5.74, 6) is 0. The van der Waals surface area contributed by atoms with Crippen LogP contribution in [0.15, 0.2) is 35.7 Å². The van der Waals surface area contributed by atoms with Crippen LogP contribution in [0, 0.1) is 0 Å². The molecule has 0 aromatic heterocycles. The molecule has 3 N–H and O–H groups in total. The highest BCUT2D eigenvalue weighted by Crippen LogP contribution is 2.44. The molecule has 0 bridgehead atoms. The second-order valence-corrected chi connectivity index (χ2v) is 5.92. The van der Waals surface area contributed by atoms with Crippen LogP contribution in [-0.2, 0) is 27.0 Å². The third-order valence-corrected chi connectivity index (χ3v) is 4.36. The molecule has 1 saturated heterocycles. The van der Waals surface area contributed by atoms with Crippen LogP contribution in [-0.4, -0.2) is 24.8 Å². The molecule has 1 fully saturated rings. The fraction of sp³-hybridized carbons (Fsp3) is 0.438. The molecule has 0 radical (unpaired) electrons. The lowest BCUT2D eigenvalue weighted by molar-refractivity contribution is -0.137. The van der Waals surface area contributed by atoms with Gasteiger partial charge in [0.1, 0.15) is 11.7 Å². The maximum Gasteiger partial charge on any atom is 0.416 e. The van der Waals surface area contributed by atoms with Crippen molar-refractivity contribution >= 4 is 6.47 Å². The van der Waals surface area contributed by atoms with Crippen LogP contribution in [0.3, 0.4) is 0 Å². The summed E-state index contributed by atoms with van der Waals surface area (Å²) in [6, 6.07) is 4.90. The lowest BCUT2D eigenvalue weighted by Gasteiger charge is -2.30. The van der Waals surface area contributed by atoms with Gasteiger partial charge in [-0.05, 0) is 30.5 Å². The van der Waals surface area contributed by atoms with E-state index in [2.05, 4.69) is 5.32 Å². The van der Waals surface area contributed by atoms with Gasteiger partial charge >= 0.3 is 6.18 Å². The Labute approximate surface area is 136 Å². The van der Waals surface area contributed by atoms with Crippen LogP contribution in [0.2, 0.25) is 0 Å². The number of alkyl halides is 3. The van der Waals surface area contributed by atoms with Crippen molar-refractivity contribution in [1.29, 1.82) is 0 Å². The van der Waals surface area contributed by atoms with Gasteiger partial charge in [-0.15, -0.1) is 0 Å². The SMILES string of the molecule is NC1=C(NCc2ccc(C(F)(F)F)cc2)[C@]2(CC[C@H]1OC=O)CO2. The van der Waals surface area contributed by atoms with Crippen molar-refractivity contribution in [3.63, 3.8) is 0 Å². The van der Waals surface area contributed by atoms with E-state index in [0.717, 1.165) is 12.1 Å². The quantitative estimate of drug-likeness (QED) is 0.633. The maximum atomic E-state index is 12.6. The van der Waals surface area contributed by atoms with Crippen LogP contribution in [0.4, 0.5) is 13.2 Å². The van der Waals surface area contributed by atoms with E-state index in [-0.39, 0.29) is 0 Å². The van der Waals surface area contributed by atoms with E-state index in [0.29, 0.717) is 49.4 Å². The Balaban J connectivity index is 1.72. The summed E-state index contributed by atoms with van der Waals surface area (Å²) in [5.41, 5.74) is 6.64. The normalized spacial score (nSPS) is 26.4. The number of carbonyl (C=O) groups excluding carboxylic acids is 1. The molecule has 2 aliphatic rings. The maximum absolute atomic E-state index is 12.6. The standard InChI is InChI=1S/C16H17F3N2O3/c17-16(18,19)11-3-1-10(2-4-11)7-21-14-13(20)12(23-9-22)5-6-15(14)8-24-15/h1-4,9,12,21H,5-8,20H2/t12-,15+/m1/s1. The predicted octanol–water partition coefficient (Wildman–Crippen LogP) is 2.07. The molecule has 0 saturated carbocycles. The molecular formula is C16H17F3N2O3. The summed E-state index contributed by atoms with van der Waals surface area (Å²) < 4.78 is 48.2. The zero-order chi connectivity index (χ0) is 17.4. The minimum atomic E-state index is -4.35. The Morgan fingerprint density at radius 1 is 1.38 bits per heavy atom. The number of nitrogens with two attached hydrogens (primary N) is 1. The molecule has 1 heterocycles. The molecule has 1 spiro atoms. The summed E-state index contributed by atoms with van der Waals surface area (Å²) in [7, 11) is 0. The predicted molar refractivity (Wildman–Crippen MR) is 78.4 cm³/mol. The number of nitrogens with one attached hydrogen (secondary N) is 1. The summed E-state index contributed by atoms with van der Waals surface area (Å²) in [6.07, 6.45) is -3.61. The molecule has 0 unspecified atom stereocenters. The van der Waals surface area contributed by atoms with Crippen LogP contribution < -0.4 is 11.1 Å². The van der Waals surface area contributed by atoms with Crippen molar-refractivity contribution in [1.82, 2.24) is 5.32 Å². The first-order valence-corrected chi connectivity index (χ1v) is 7.49.